The zero-order chi connectivity index (χ0) is 8.97. The minimum atomic E-state index is 0.810. The fourth-order valence-corrected chi connectivity index (χ4v) is 1.13. The van der Waals surface area contributed by atoms with Crippen LogP contribution in [0.1, 0.15) is 18.2 Å². The zero-order valence-corrected chi connectivity index (χ0v) is 7.25. The van der Waals surface area contributed by atoms with Crippen LogP contribution in [0.2, 0.25) is 0 Å². The van der Waals surface area contributed by atoms with Gasteiger partial charge in [0.1, 0.15) is 0 Å². The molecule has 62 valence electrons. The molecule has 0 aliphatic rings. The molecule has 0 saturated heterocycles. The molecule has 1 heterocycles. The zero-order valence-electron chi connectivity index (χ0n) is 7.25. The van der Waals surface area contributed by atoms with Gasteiger partial charge in [0.25, 0.3) is 0 Å². The van der Waals surface area contributed by atoms with Crippen molar-refractivity contribution in [3.63, 3.8) is 0 Å². The fraction of sp³-hybridized carbons (Fsp3) is 0.200. The Morgan fingerprint density at radius 1 is 1.67 bits per heavy atom. The summed E-state index contributed by atoms with van der Waals surface area (Å²) in [7, 11) is 0. The molecule has 0 bridgehead atoms. The summed E-state index contributed by atoms with van der Waals surface area (Å²) in [5.41, 5.74) is 2.83. The standard InChI is InChI=1S/C10H12N2/c1-4-8-6-7-12-9(5-2)10(8)11-3/h5-7H,2-4H2,1H3. The van der Waals surface area contributed by atoms with Gasteiger partial charge in [-0.15, -0.1) is 0 Å². The molecular formula is C10H12N2. The Hall–Kier alpha value is -1.44. The van der Waals surface area contributed by atoms with Crippen LogP contribution in [0.5, 0.6) is 0 Å². The topological polar surface area (TPSA) is 25.2 Å². The summed E-state index contributed by atoms with van der Waals surface area (Å²) in [6, 6.07) is 1.96. The highest BCUT2D eigenvalue weighted by molar-refractivity contribution is 5.64. The Bertz CT molecular complexity index is 303. The van der Waals surface area contributed by atoms with E-state index in [1.54, 1.807) is 12.3 Å². The van der Waals surface area contributed by atoms with E-state index in [1.807, 2.05) is 6.07 Å². The van der Waals surface area contributed by atoms with Crippen molar-refractivity contribution in [1.29, 1.82) is 0 Å². The van der Waals surface area contributed by atoms with E-state index in [0.717, 1.165) is 23.4 Å². The van der Waals surface area contributed by atoms with Crippen molar-refractivity contribution in [2.24, 2.45) is 4.99 Å². The number of aryl methyl sites for hydroxylation is 1. The Labute approximate surface area is 72.7 Å². The summed E-state index contributed by atoms with van der Waals surface area (Å²) in [6.45, 7) is 9.26. The molecule has 0 N–H and O–H groups in total. The first-order valence-corrected chi connectivity index (χ1v) is 3.90. The monoisotopic (exact) mass is 160 g/mol. The highest BCUT2D eigenvalue weighted by Gasteiger charge is 2.02. The maximum atomic E-state index is 4.12. The summed E-state index contributed by atoms with van der Waals surface area (Å²) in [4.78, 5) is 8.05. The summed E-state index contributed by atoms with van der Waals surface area (Å²) >= 11 is 0. The first-order valence-electron chi connectivity index (χ1n) is 3.90. The molecule has 2 nitrogen and oxygen atoms in total. The smallest absolute Gasteiger partial charge is 0.0911 e. The lowest BCUT2D eigenvalue weighted by atomic mass is 10.1. The Morgan fingerprint density at radius 2 is 2.42 bits per heavy atom. The quantitative estimate of drug-likeness (QED) is 0.624. The van der Waals surface area contributed by atoms with Gasteiger partial charge in [-0.2, -0.15) is 0 Å². The molecule has 0 amide bonds. The van der Waals surface area contributed by atoms with Gasteiger partial charge in [0, 0.05) is 6.20 Å². The Morgan fingerprint density at radius 3 is 2.92 bits per heavy atom. The van der Waals surface area contributed by atoms with Gasteiger partial charge in [-0.05, 0) is 30.8 Å². The Kier molecular flexibility index (Phi) is 2.75. The van der Waals surface area contributed by atoms with Crippen molar-refractivity contribution in [1.82, 2.24) is 4.98 Å². The number of hydrogen-bond donors (Lipinski definition) is 0. The van der Waals surface area contributed by atoms with Gasteiger partial charge >= 0.3 is 0 Å². The first kappa shape index (κ1) is 8.65. The van der Waals surface area contributed by atoms with E-state index in [4.69, 9.17) is 0 Å². The lowest BCUT2D eigenvalue weighted by Gasteiger charge is -2.03. The van der Waals surface area contributed by atoms with Crippen molar-refractivity contribution in [2.75, 3.05) is 0 Å². The maximum absolute atomic E-state index is 4.12. The van der Waals surface area contributed by atoms with Crippen molar-refractivity contribution in [3.05, 3.63) is 30.1 Å². The molecule has 0 aliphatic heterocycles. The van der Waals surface area contributed by atoms with Crippen LogP contribution in [0.3, 0.4) is 0 Å². The third-order valence-electron chi connectivity index (χ3n) is 1.77. The van der Waals surface area contributed by atoms with Gasteiger partial charge in [0.15, 0.2) is 0 Å². The van der Waals surface area contributed by atoms with Crippen molar-refractivity contribution in [3.8, 4) is 0 Å². The molecular weight excluding hydrogens is 148 g/mol. The van der Waals surface area contributed by atoms with Gasteiger partial charge < -0.3 is 0 Å². The van der Waals surface area contributed by atoms with Gasteiger partial charge in [-0.25, -0.2) is 0 Å². The number of aromatic nitrogens is 1. The Balaban J connectivity index is 3.31. The molecule has 0 radical (unpaired) electrons. The minimum Gasteiger partial charge on any atom is -0.262 e. The maximum Gasteiger partial charge on any atom is 0.0911 e. The molecule has 1 aromatic heterocycles. The van der Waals surface area contributed by atoms with E-state index in [2.05, 4.69) is 30.2 Å². The van der Waals surface area contributed by atoms with Crippen LogP contribution >= 0.6 is 0 Å². The van der Waals surface area contributed by atoms with Crippen molar-refractivity contribution in [2.45, 2.75) is 13.3 Å². The number of hydrogen-bond acceptors (Lipinski definition) is 2. The van der Waals surface area contributed by atoms with Gasteiger partial charge in [-0.1, -0.05) is 13.5 Å². The second kappa shape index (κ2) is 3.81. The van der Waals surface area contributed by atoms with E-state index in [-0.39, 0.29) is 0 Å². The molecule has 0 aromatic carbocycles. The molecule has 0 unspecified atom stereocenters. The molecule has 12 heavy (non-hydrogen) atoms. The van der Waals surface area contributed by atoms with Crippen LogP contribution in [0.25, 0.3) is 6.08 Å². The van der Waals surface area contributed by atoms with Crippen molar-refractivity contribution >= 4 is 18.5 Å². The van der Waals surface area contributed by atoms with Gasteiger partial charge in [0.2, 0.25) is 0 Å². The second-order valence-corrected chi connectivity index (χ2v) is 2.42. The summed E-state index contributed by atoms with van der Waals surface area (Å²) < 4.78 is 0. The fourth-order valence-electron chi connectivity index (χ4n) is 1.13. The van der Waals surface area contributed by atoms with E-state index in [9.17, 15) is 0 Å². The summed E-state index contributed by atoms with van der Waals surface area (Å²) in [5.74, 6) is 0. The predicted octanol–water partition coefficient (Wildman–Crippen LogP) is 2.62. The summed E-state index contributed by atoms with van der Waals surface area (Å²) in [5, 5.41) is 0. The molecule has 0 spiro atoms. The van der Waals surface area contributed by atoms with Crippen LogP contribution in [0.15, 0.2) is 23.8 Å². The largest absolute Gasteiger partial charge is 0.262 e. The SMILES string of the molecule is C=Cc1nccc(CC)c1N=C. The lowest BCUT2D eigenvalue weighted by molar-refractivity contribution is 1.11. The molecule has 0 aliphatic carbocycles. The number of rotatable bonds is 3. The average Bonchev–Trinajstić information content (AvgIpc) is 2.16. The molecule has 0 saturated carbocycles. The van der Waals surface area contributed by atoms with E-state index >= 15 is 0 Å². The van der Waals surface area contributed by atoms with E-state index in [1.165, 1.54) is 0 Å². The summed E-state index contributed by atoms with van der Waals surface area (Å²) in [6.07, 6.45) is 4.41. The number of nitrogens with zero attached hydrogens (tertiary/aromatic N) is 2. The average molecular weight is 160 g/mol. The molecule has 2 heteroatoms. The normalized spacial score (nSPS) is 9.42. The lowest BCUT2D eigenvalue weighted by Crippen LogP contribution is -1.87. The third-order valence-corrected chi connectivity index (χ3v) is 1.77. The highest BCUT2D eigenvalue weighted by Crippen LogP contribution is 2.22. The van der Waals surface area contributed by atoms with E-state index < -0.39 is 0 Å². The highest BCUT2D eigenvalue weighted by atomic mass is 14.8. The second-order valence-electron chi connectivity index (χ2n) is 2.42. The van der Waals surface area contributed by atoms with Crippen LogP contribution in [0, 0.1) is 0 Å². The number of pyridine rings is 1. The minimum absolute atomic E-state index is 0.810. The van der Waals surface area contributed by atoms with Crippen LogP contribution in [0.4, 0.5) is 5.69 Å². The molecule has 0 atom stereocenters. The third kappa shape index (κ3) is 1.42. The van der Waals surface area contributed by atoms with Crippen LogP contribution in [-0.4, -0.2) is 11.7 Å². The molecule has 1 aromatic rings. The number of aliphatic imine (C=N–C) groups is 1. The van der Waals surface area contributed by atoms with Gasteiger partial charge in [-0.3, -0.25) is 9.98 Å². The molecule has 1 rings (SSSR count). The van der Waals surface area contributed by atoms with Crippen molar-refractivity contribution < 1.29 is 0 Å². The van der Waals surface area contributed by atoms with Gasteiger partial charge in [0.05, 0.1) is 11.4 Å². The van der Waals surface area contributed by atoms with Crippen LogP contribution in [-0.2, 0) is 6.42 Å². The molecule has 0 fully saturated rings. The van der Waals surface area contributed by atoms with E-state index in [0.29, 0.717) is 0 Å². The first-order chi connectivity index (χ1) is 5.83. The van der Waals surface area contributed by atoms with Crippen LogP contribution < -0.4 is 0 Å². The predicted molar refractivity (Wildman–Crippen MR) is 52.9 cm³/mol.